The molecule has 4 heteroatoms. The lowest BCUT2D eigenvalue weighted by molar-refractivity contribution is -0.124. The van der Waals surface area contributed by atoms with E-state index < -0.39 is 18.0 Å². The van der Waals surface area contributed by atoms with E-state index in [4.69, 9.17) is 0 Å². The van der Waals surface area contributed by atoms with Crippen LogP contribution in [0.25, 0.3) is 0 Å². The number of rotatable bonds is 7. The maximum atomic E-state index is 11.8. The molecule has 0 aromatic rings. The Morgan fingerprint density at radius 3 is 2.23 bits per heavy atom. The Morgan fingerprint density at radius 1 is 1.23 bits per heavy atom. The van der Waals surface area contributed by atoms with Gasteiger partial charge >= 0.3 is 0 Å². The summed E-state index contributed by atoms with van der Waals surface area (Å²) >= 11 is 0. The van der Waals surface area contributed by atoms with Crippen LogP contribution in [0, 0.1) is 0 Å². The first kappa shape index (κ1) is 21.6. The number of hydrogen-bond donors (Lipinski definition) is 2. The Kier molecular flexibility index (Phi) is 8.23. The second-order valence-electron chi connectivity index (χ2n) is 6.31. The summed E-state index contributed by atoms with van der Waals surface area (Å²) in [6, 6.07) is 0. The Hall–Kier alpha value is -2.43. The zero-order chi connectivity index (χ0) is 19.9. The van der Waals surface area contributed by atoms with Crippen molar-refractivity contribution in [3.63, 3.8) is 0 Å². The molecule has 0 aromatic carbocycles. The largest absolute Gasteiger partial charge is 0.387 e. The lowest BCUT2D eigenvalue weighted by Gasteiger charge is -2.34. The van der Waals surface area contributed by atoms with E-state index in [0.29, 0.717) is 11.4 Å². The third-order valence-corrected chi connectivity index (χ3v) is 3.81. The van der Waals surface area contributed by atoms with E-state index in [1.807, 2.05) is 57.2 Å². The average Bonchev–Trinajstić information content (AvgIpc) is 2.55. The Morgan fingerprint density at radius 2 is 1.77 bits per heavy atom. The van der Waals surface area contributed by atoms with Crippen LogP contribution in [0.3, 0.4) is 0 Å². The van der Waals surface area contributed by atoms with Gasteiger partial charge in [0.05, 0.1) is 18.3 Å². The highest BCUT2D eigenvalue weighted by Gasteiger charge is 2.29. The number of β-amino-alcohol motifs (C(OH)–C–C–N with tert-alkyl or cyclic N) is 1. The molecule has 0 spiro atoms. The molecule has 0 fully saturated rings. The van der Waals surface area contributed by atoms with E-state index in [2.05, 4.69) is 13.2 Å². The van der Waals surface area contributed by atoms with Gasteiger partial charge < -0.3 is 15.1 Å². The molecule has 4 nitrogen and oxygen atoms in total. The van der Waals surface area contributed by atoms with Crippen molar-refractivity contribution in [1.82, 2.24) is 4.90 Å². The highest BCUT2D eigenvalue weighted by molar-refractivity contribution is 5.95. The van der Waals surface area contributed by atoms with Crippen LogP contribution in [0.15, 0.2) is 83.8 Å². The van der Waals surface area contributed by atoms with Gasteiger partial charge in [-0.2, -0.15) is 0 Å². The van der Waals surface area contributed by atoms with Gasteiger partial charge in [-0.25, -0.2) is 0 Å². The summed E-state index contributed by atoms with van der Waals surface area (Å²) in [6.07, 6.45) is 11.0. The van der Waals surface area contributed by atoms with Crippen LogP contribution in [0.2, 0.25) is 0 Å². The average molecular weight is 355 g/mol. The first-order valence-electron chi connectivity index (χ1n) is 8.63. The molecule has 1 aliphatic heterocycles. The molecule has 0 saturated carbocycles. The number of ketones is 1. The second kappa shape index (κ2) is 9.90. The molecule has 0 radical (unpaired) electrons. The SMILES string of the molecule is C=C(C)/C=C(\C=C/C)C(/C=C\C)=C/C(=C)N1CC(O)C(=O)C=C1C(C)O. The number of allylic oxidation sites excluding steroid dienone is 9. The molecular weight excluding hydrogens is 326 g/mol. The molecule has 1 rings (SSSR count). The lowest BCUT2D eigenvalue weighted by atomic mass is 9.99. The van der Waals surface area contributed by atoms with Gasteiger partial charge in [0.15, 0.2) is 5.78 Å². The monoisotopic (exact) mass is 355 g/mol. The van der Waals surface area contributed by atoms with E-state index in [9.17, 15) is 15.0 Å². The highest BCUT2D eigenvalue weighted by Crippen LogP contribution is 2.25. The van der Waals surface area contributed by atoms with Crippen molar-refractivity contribution in [1.29, 1.82) is 0 Å². The van der Waals surface area contributed by atoms with Crippen LogP contribution in [0.4, 0.5) is 0 Å². The van der Waals surface area contributed by atoms with Gasteiger partial charge in [-0.05, 0) is 44.9 Å². The summed E-state index contributed by atoms with van der Waals surface area (Å²) in [6.45, 7) is 15.5. The number of aliphatic hydroxyl groups excluding tert-OH is 2. The third kappa shape index (κ3) is 5.83. The summed E-state index contributed by atoms with van der Waals surface area (Å²) in [4.78, 5) is 13.4. The molecule has 26 heavy (non-hydrogen) atoms. The molecule has 1 aliphatic rings. The van der Waals surface area contributed by atoms with Gasteiger partial charge in [0.1, 0.15) is 6.10 Å². The quantitative estimate of drug-likeness (QED) is 0.685. The zero-order valence-electron chi connectivity index (χ0n) is 16.1. The Balaban J connectivity index is 3.35. The minimum atomic E-state index is -1.13. The Bertz CT molecular complexity index is 718. The van der Waals surface area contributed by atoms with Gasteiger partial charge in [-0.1, -0.05) is 49.1 Å². The standard InChI is InChI=1S/C22H29NO3/c1-7-9-18(11-15(3)4)19(10-8-2)12-16(5)23-14-22(26)21(25)13-20(23)17(6)24/h7-13,17,22,24,26H,3,5,14H2,1-2,4,6H3/b9-7-,10-8-,18-11+,19-12+. The maximum Gasteiger partial charge on any atom is 0.187 e. The van der Waals surface area contributed by atoms with Crippen molar-refractivity contribution < 1.29 is 15.0 Å². The van der Waals surface area contributed by atoms with Crippen LogP contribution in [0.1, 0.15) is 27.7 Å². The number of aliphatic hydroxyl groups is 2. The molecular formula is C22H29NO3. The van der Waals surface area contributed by atoms with Gasteiger partial charge in [0.25, 0.3) is 0 Å². The topological polar surface area (TPSA) is 60.8 Å². The molecule has 2 atom stereocenters. The summed E-state index contributed by atoms with van der Waals surface area (Å²) in [5.74, 6) is -0.403. The number of carbonyl (C=O) groups excluding carboxylic acids is 1. The fourth-order valence-corrected chi connectivity index (χ4v) is 2.65. The number of nitrogens with zero attached hydrogens (tertiary/aromatic N) is 1. The van der Waals surface area contributed by atoms with Crippen molar-refractivity contribution >= 4 is 5.78 Å². The van der Waals surface area contributed by atoms with Crippen molar-refractivity contribution in [2.24, 2.45) is 0 Å². The first-order valence-corrected chi connectivity index (χ1v) is 8.63. The lowest BCUT2D eigenvalue weighted by Crippen LogP contribution is -2.42. The summed E-state index contributed by atoms with van der Waals surface area (Å²) < 4.78 is 0. The van der Waals surface area contributed by atoms with E-state index >= 15 is 0 Å². The summed E-state index contributed by atoms with van der Waals surface area (Å²) in [5.41, 5.74) is 3.81. The normalized spacial score (nSPS) is 20.7. The molecule has 2 unspecified atom stereocenters. The molecule has 140 valence electrons. The van der Waals surface area contributed by atoms with E-state index in [0.717, 1.165) is 16.7 Å². The fraction of sp³-hybridized carbons (Fsp3) is 0.318. The number of hydrogen-bond acceptors (Lipinski definition) is 4. The van der Waals surface area contributed by atoms with Gasteiger partial charge in [-0.3, -0.25) is 4.79 Å². The van der Waals surface area contributed by atoms with Crippen LogP contribution < -0.4 is 0 Å². The molecule has 1 heterocycles. The van der Waals surface area contributed by atoms with Gasteiger partial charge in [0, 0.05) is 11.8 Å². The summed E-state index contributed by atoms with van der Waals surface area (Å²) in [7, 11) is 0. The minimum absolute atomic E-state index is 0.0666. The Labute approximate surface area is 156 Å². The van der Waals surface area contributed by atoms with E-state index in [-0.39, 0.29) is 6.54 Å². The second-order valence-corrected chi connectivity index (χ2v) is 6.31. The van der Waals surface area contributed by atoms with Crippen LogP contribution in [-0.4, -0.2) is 39.6 Å². The predicted molar refractivity (Wildman–Crippen MR) is 107 cm³/mol. The molecule has 0 aliphatic carbocycles. The van der Waals surface area contributed by atoms with Crippen molar-refractivity contribution in [2.45, 2.75) is 39.9 Å². The molecule has 0 amide bonds. The van der Waals surface area contributed by atoms with Crippen molar-refractivity contribution in [2.75, 3.05) is 6.54 Å². The summed E-state index contributed by atoms with van der Waals surface area (Å²) in [5, 5.41) is 19.9. The van der Waals surface area contributed by atoms with Crippen LogP contribution in [-0.2, 0) is 4.79 Å². The maximum absolute atomic E-state index is 11.8. The van der Waals surface area contributed by atoms with Crippen molar-refractivity contribution in [3.05, 3.63) is 83.8 Å². The van der Waals surface area contributed by atoms with Gasteiger partial charge in [0.2, 0.25) is 0 Å². The predicted octanol–water partition coefficient (Wildman–Crippen LogP) is 3.59. The van der Waals surface area contributed by atoms with Gasteiger partial charge in [-0.15, -0.1) is 0 Å². The van der Waals surface area contributed by atoms with E-state index in [1.54, 1.807) is 11.8 Å². The van der Waals surface area contributed by atoms with Crippen LogP contribution >= 0.6 is 0 Å². The smallest absolute Gasteiger partial charge is 0.187 e. The molecule has 0 saturated heterocycles. The minimum Gasteiger partial charge on any atom is -0.387 e. The molecule has 0 aromatic heterocycles. The molecule has 0 bridgehead atoms. The third-order valence-electron chi connectivity index (χ3n) is 3.81. The molecule has 2 N–H and O–H groups in total. The van der Waals surface area contributed by atoms with Crippen molar-refractivity contribution in [3.8, 4) is 0 Å². The van der Waals surface area contributed by atoms with Crippen LogP contribution in [0.5, 0.6) is 0 Å². The zero-order valence-corrected chi connectivity index (χ0v) is 16.1. The highest BCUT2D eigenvalue weighted by atomic mass is 16.3. The fourth-order valence-electron chi connectivity index (χ4n) is 2.65. The van der Waals surface area contributed by atoms with E-state index in [1.165, 1.54) is 6.08 Å². The first-order chi connectivity index (χ1) is 12.2. The number of carbonyl (C=O) groups is 1.